The number of carbonyl (C=O) groups is 1. The van der Waals surface area contributed by atoms with Crippen LogP contribution in [0.15, 0.2) is 48.5 Å². The van der Waals surface area contributed by atoms with Gasteiger partial charge in [0.05, 0.1) is 11.6 Å². The summed E-state index contributed by atoms with van der Waals surface area (Å²) in [7, 11) is 0. The normalized spacial score (nSPS) is 21.6. The predicted molar refractivity (Wildman–Crippen MR) is 110 cm³/mol. The first-order valence-corrected chi connectivity index (χ1v) is 10.4. The number of benzene rings is 2. The molecule has 0 aliphatic carbocycles. The van der Waals surface area contributed by atoms with E-state index in [9.17, 15) is 13.6 Å². The number of alkyl halides is 2. The number of para-hydroxylation sites is 1. The second-order valence-corrected chi connectivity index (χ2v) is 8.05. The molecule has 1 aromatic heterocycles. The fourth-order valence-electron chi connectivity index (χ4n) is 4.34. The quantitative estimate of drug-likeness (QED) is 0.566. The molecule has 2 saturated heterocycles. The minimum Gasteiger partial charge on any atom is -0.435 e. The van der Waals surface area contributed by atoms with Gasteiger partial charge < -0.3 is 9.64 Å². The highest BCUT2D eigenvalue weighted by Gasteiger charge is 2.43. The third-order valence-electron chi connectivity index (χ3n) is 6.01. The van der Waals surface area contributed by atoms with Gasteiger partial charge in [-0.2, -0.15) is 8.78 Å². The van der Waals surface area contributed by atoms with Crippen molar-refractivity contribution in [2.75, 3.05) is 19.6 Å². The number of nitrogens with zero attached hydrogens (tertiary/aromatic N) is 5. The van der Waals surface area contributed by atoms with E-state index in [0.29, 0.717) is 26.2 Å². The van der Waals surface area contributed by atoms with Crippen LogP contribution in [0.1, 0.15) is 24.4 Å². The molecule has 31 heavy (non-hydrogen) atoms. The van der Waals surface area contributed by atoms with Crippen molar-refractivity contribution < 1.29 is 18.3 Å². The summed E-state index contributed by atoms with van der Waals surface area (Å²) in [5, 5.41) is 8.55. The van der Waals surface area contributed by atoms with Crippen LogP contribution >= 0.6 is 0 Å². The summed E-state index contributed by atoms with van der Waals surface area (Å²) in [5.41, 5.74) is 2.77. The van der Waals surface area contributed by atoms with Gasteiger partial charge >= 0.3 is 6.61 Å². The molecule has 2 aliphatic heterocycles. The fraction of sp³-hybridized carbons (Fsp3) is 0.409. The van der Waals surface area contributed by atoms with Gasteiger partial charge in [0, 0.05) is 26.2 Å². The summed E-state index contributed by atoms with van der Waals surface area (Å²) in [5.74, 6) is 0.279. The molecule has 0 N–H and O–H groups in total. The van der Waals surface area contributed by atoms with E-state index in [1.54, 1.807) is 12.1 Å². The smallest absolute Gasteiger partial charge is 0.387 e. The summed E-state index contributed by atoms with van der Waals surface area (Å²) in [4.78, 5) is 16.9. The molecule has 2 fully saturated rings. The Labute approximate surface area is 178 Å². The molecule has 2 aliphatic rings. The first kappa shape index (κ1) is 19.9. The van der Waals surface area contributed by atoms with Crippen molar-refractivity contribution in [2.45, 2.75) is 38.1 Å². The average molecular weight is 427 g/mol. The SMILES string of the molecule is O=C(C1CN1Cc1cccc(OC(F)F)c1)N1CCC(n2nnc3ccccc32)CC1. The van der Waals surface area contributed by atoms with Crippen molar-refractivity contribution in [3.05, 3.63) is 54.1 Å². The van der Waals surface area contributed by atoms with E-state index < -0.39 is 6.61 Å². The third kappa shape index (κ3) is 4.23. The maximum absolute atomic E-state index is 12.9. The van der Waals surface area contributed by atoms with Crippen molar-refractivity contribution in [3.8, 4) is 5.75 Å². The molecule has 9 heteroatoms. The van der Waals surface area contributed by atoms with Gasteiger partial charge in [-0.25, -0.2) is 4.68 Å². The van der Waals surface area contributed by atoms with Gasteiger partial charge in [0.25, 0.3) is 0 Å². The molecule has 0 spiro atoms. The Morgan fingerprint density at radius 1 is 1.13 bits per heavy atom. The minimum atomic E-state index is -2.84. The number of carbonyl (C=O) groups excluding carboxylic acids is 1. The Bertz CT molecular complexity index is 1080. The Kier molecular flexibility index (Phi) is 5.27. The minimum absolute atomic E-state index is 0.136. The van der Waals surface area contributed by atoms with Crippen molar-refractivity contribution in [2.24, 2.45) is 0 Å². The first-order chi connectivity index (χ1) is 15.1. The van der Waals surface area contributed by atoms with E-state index in [4.69, 9.17) is 0 Å². The second kappa shape index (κ2) is 8.22. The summed E-state index contributed by atoms with van der Waals surface area (Å²) >= 11 is 0. The predicted octanol–water partition coefficient (Wildman–Crippen LogP) is 3.08. The van der Waals surface area contributed by atoms with Crippen LogP contribution in [0, 0.1) is 0 Å². The Hall–Kier alpha value is -3.07. The Morgan fingerprint density at radius 3 is 2.74 bits per heavy atom. The lowest BCUT2D eigenvalue weighted by Crippen LogP contribution is -2.42. The van der Waals surface area contributed by atoms with Gasteiger partial charge in [-0.15, -0.1) is 5.10 Å². The molecule has 2 atom stereocenters. The van der Waals surface area contributed by atoms with Gasteiger partial charge in [0.1, 0.15) is 17.3 Å². The molecule has 0 bridgehead atoms. The third-order valence-corrected chi connectivity index (χ3v) is 6.01. The number of rotatable bonds is 6. The number of likely N-dealkylation sites (tertiary alicyclic amines) is 1. The summed E-state index contributed by atoms with van der Waals surface area (Å²) in [6.45, 7) is -0.228. The van der Waals surface area contributed by atoms with Crippen LogP contribution in [0.4, 0.5) is 8.78 Å². The molecule has 7 nitrogen and oxygen atoms in total. The van der Waals surface area contributed by atoms with E-state index in [2.05, 4.69) is 15.0 Å². The molecule has 2 unspecified atom stereocenters. The summed E-state index contributed by atoms with van der Waals surface area (Å²) < 4.78 is 31.2. The maximum Gasteiger partial charge on any atom is 0.387 e. The molecule has 2 aromatic carbocycles. The van der Waals surface area contributed by atoms with Crippen LogP contribution in [0.5, 0.6) is 5.75 Å². The van der Waals surface area contributed by atoms with Crippen molar-refractivity contribution in [3.63, 3.8) is 0 Å². The van der Waals surface area contributed by atoms with Crippen LogP contribution in [0.25, 0.3) is 11.0 Å². The molecule has 1 amide bonds. The highest BCUT2D eigenvalue weighted by atomic mass is 19.3. The van der Waals surface area contributed by atoms with Crippen molar-refractivity contribution in [1.82, 2.24) is 24.8 Å². The maximum atomic E-state index is 12.9. The van der Waals surface area contributed by atoms with E-state index in [1.165, 1.54) is 6.07 Å². The standard InChI is InChI=1S/C22H23F2N5O2/c23-22(24)31-17-5-3-4-15(12-17)13-28-14-20(28)21(30)27-10-8-16(9-11-27)29-19-7-2-1-6-18(19)25-26-29/h1-7,12,16,20,22H,8-11,13-14H2. The number of fused-ring (bicyclic) bond motifs is 1. The van der Waals surface area contributed by atoms with Crippen molar-refractivity contribution in [1.29, 1.82) is 0 Å². The summed E-state index contributed by atoms with van der Waals surface area (Å²) in [6, 6.07) is 14.7. The zero-order valence-electron chi connectivity index (χ0n) is 16.9. The highest BCUT2D eigenvalue weighted by Crippen LogP contribution is 2.29. The number of hydrogen-bond acceptors (Lipinski definition) is 5. The van der Waals surface area contributed by atoms with E-state index >= 15 is 0 Å². The second-order valence-electron chi connectivity index (χ2n) is 8.05. The molecule has 0 saturated carbocycles. The van der Waals surface area contributed by atoms with Gasteiger partial charge in [-0.3, -0.25) is 9.69 Å². The molecule has 3 aromatic rings. The van der Waals surface area contributed by atoms with Gasteiger partial charge in [-0.1, -0.05) is 29.5 Å². The molecular formula is C22H23F2N5O2. The number of halogens is 2. The average Bonchev–Trinajstić information content (AvgIpc) is 3.39. The zero-order chi connectivity index (χ0) is 21.4. The number of hydrogen-bond donors (Lipinski definition) is 0. The highest BCUT2D eigenvalue weighted by molar-refractivity contribution is 5.85. The summed E-state index contributed by atoms with van der Waals surface area (Å²) in [6.07, 6.45) is 1.69. The topological polar surface area (TPSA) is 63.3 Å². The molecular weight excluding hydrogens is 404 g/mol. The fourth-order valence-corrected chi connectivity index (χ4v) is 4.34. The molecule has 3 heterocycles. The lowest BCUT2D eigenvalue weighted by Gasteiger charge is -2.32. The molecule has 0 radical (unpaired) electrons. The number of amides is 1. The Morgan fingerprint density at radius 2 is 1.94 bits per heavy atom. The lowest BCUT2D eigenvalue weighted by molar-refractivity contribution is -0.132. The monoisotopic (exact) mass is 427 g/mol. The number of aromatic nitrogens is 3. The van der Waals surface area contributed by atoms with Crippen LogP contribution in [-0.2, 0) is 11.3 Å². The van der Waals surface area contributed by atoms with E-state index in [1.807, 2.05) is 44.8 Å². The zero-order valence-corrected chi connectivity index (χ0v) is 16.9. The number of ether oxygens (including phenoxy) is 1. The lowest BCUT2D eigenvalue weighted by atomic mass is 10.0. The number of piperidine rings is 1. The largest absolute Gasteiger partial charge is 0.435 e. The Balaban J connectivity index is 1.15. The van der Waals surface area contributed by atoms with Gasteiger partial charge in [0.15, 0.2) is 0 Å². The van der Waals surface area contributed by atoms with E-state index in [0.717, 1.165) is 29.4 Å². The van der Waals surface area contributed by atoms with Crippen LogP contribution in [0.2, 0.25) is 0 Å². The van der Waals surface area contributed by atoms with Crippen LogP contribution in [0.3, 0.4) is 0 Å². The van der Waals surface area contributed by atoms with Crippen molar-refractivity contribution >= 4 is 16.9 Å². The van der Waals surface area contributed by atoms with Gasteiger partial charge in [-0.05, 0) is 42.7 Å². The van der Waals surface area contributed by atoms with E-state index in [-0.39, 0.29) is 23.7 Å². The van der Waals surface area contributed by atoms with Crippen LogP contribution in [-0.4, -0.2) is 63.0 Å². The molecule has 162 valence electrons. The van der Waals surface area contributed by atoms with Crippen LogP contribution < -0.4 is 4.74 Å². The van der Waals surface area contributed by atoms with Gasteiger partial charge in [0.2, 0.25) is 5.91 Å². The first-order valence-electron chi connectivity index (χ1n) is 10.4. The molecule has 5 rings (SSSR count).